The van der Waals surface area contributed by atoms with Crippen LogP contribution in [0, 0.1) is 17.6 Å². The second-order valence-corrected chi connectivity index (χ2v) is 7.56. The highest BCUT2D eigenvalue weighted by Gasteiger charge is 2.26. The van der Waals surface area contributed by atoms with Crippen molar-refractivity contribution in [2.24, 2.45) is 5.92 Å². The summed E-state index contributed by atoms with van der Waals surface area (Å²) < 4.78 is 2.16. The van der Waals surface area contributed by atoms with E-state index in [2.05, 4.69) is 10.2 Å². The van der Waals surface area contributed by atoms with Gasteiger partial charge in [-0.3, -0.25) is 19.3 Å². The minimum Gasteiger partial charge on any atom is -0.339 e. The van der Waals surface area contributed by atoms with Gasteiger partial charge in [0.25, 0.3) is 0 Å². The molecule has 1 N–H and O–H groups in total. The molecule has 0 spiro atoms. The van der Waals surface area contributed by atoms with Gasteiger partial charge >= 0.3 is 0 Å². The molecule has 0 aliphatic carbocycles. The van der Waals surface area contributed by atoms with E-state index in [1.165, 1.54) is 0 Å². The standard InChI is InChI=1S/C19H25N5O2S/c1-13(2)18(26)23-9-7-22(8-10-23)16(25)12-24-17(20-21-19(24)27)15-6-4-5-14(3)11-15/h4-6,11,13H,7-10,12H2,1-3H3,(H,21,27). The minimum atomic E-state index is -0.0200. The van der Waals surface area contributed by atoms with Crippen molar-refractivity contribution in [3.63, 3.8) is 0 Å². The highest BCUT2D eigenvalue weighted by molar-refractivity contribution is 7.71. The normalized spacial score (nSPS) is 14.7. The van der Waals surface area contributed by atoms with Crippen LogP contribution in [0.1, 0.15) is 19.4 Å². The largest absolute Gasteiger partial charge is 0.339 e. The monoisotopic (exact) mass is 387 g/mol. The molecule has 7 nitrogen and oxygen atoms in total. The first-order valence-corrected chi connectivity index (χ1v) is 9.56. The zero-order chi connectivity index (χ0) is 19.6. The van der Waals surface area contributed by atoms with E-state index in [-0.39, 0.29) is 24.3 Å². The smallest absolute Gasteiger partial charge is 0.242 e. The number of carbonyl (C=O) groups excluding carboxylic acids is 2. The van der Waals surface area contributed by atoms with E-state index in [9.17, 15) is 9.59 Å². The first-order chi connectivity index (χ1) is 12.9. The lowest BCUT2D eigenvalue weighted by Gasteiger charge is -2.35. The average Bonchev–Trinajstić information content (AvgIpc) is 3.01. The first kappa shape index (κ1) is 19.3. The lowest BCUT2D eigenvalue weighted by Crippen LogP contribution is -2.52. The number of hydrogen-bond acceptors (Lipinski definition) is 4. The molecule has 2 aromatic rings. The van der Waals surface area contributed by atoms with Crippen LogP contribution in [0.25, 0.3) is 11.4 Å². The van der Waals surface area contributed by atoms with Gasteiger partial charge in [0.05, 0.1) is 0 Å². The fraction of sp³-hybridized carbons (Fsp3) is 0.474. The van der Waals surface area contributed by atoms with Crippen LogP contribution in [0.2, 0.25) is 0 Å². The van der Waals surface area contributed by atoms with E-state index >= 15 is 0 Å². The van der Waals surface area contributed by atoms with Crippen molar-refractivity contribution in [2.45, 2.75) is 27.3 Å². The van der Waals surface area contributed by atoms with Crippen molar-refractivity contribution < 1.29 is 9.59 Å². The number of benzene rings is 1. The fourth-order valence-corrected chi connectivity index (χ4v) is 3.44. The number of aryl methyl sites for hydroxylation is 1. The lowest BCUT2D eigenvalue weighted by molar-refractivity contribution is -0.141. The molecular formula is C19H25N5O2S. The fourth-order valence-electron chi connectivity index (χ4n) is 3.25. The summed E-state index contributed by atoms with van der Waals surface area (Å²) >= 11 is 5.33. The molecule has 0 bridgehead atoms. The van der Waals surface area contributed by atoms with Gasteiger partial charge in [-0.2, -0.15) is 5.10 Å². The zero-order valence-electron chi connectivity index (χ0n) is 15.9. The third-order valence-corrected chi connectivity index (χ3v) is 5.08. The zero-order valence-corrected chi connectivity index (χ0v) is 16.8. The molecule has 1 aromatic carbocycles. The van der Waals surface area contributed by atoms with Gasteiger partial charge in [0.1, 0.15) is 6.54 Å². The maximum atomic E-state index is 12.8. The van der Waals surface area contributed by atoms with Gasteiger partial charge in [0.15, 0.2) is 10.6 Å². The van der Waals surface area contributed by atoms with Crippen molar-refractivity contribution in [2.75, 3.05) is 26.2 Å². The number of nitrogens with one attached hydrogen (secondary N) is 1. The van der Waals surface area contributed by atoms with Gasteiger partial charge in [-0.1, -0.05) is 37.6 Å². The van der Waals surface area contributed by atoms with Gasteiger partial charge in [0.2, 0.25) is 11.8 Å². The van der Waals surface area contributed by atoms with Gasteiger partial charge in [-0.15, -0.1) is 0 Å². The van der Waals surface area contributed by atoms with Crippen molar-refractivity contribution in [3.05, 3.63) is 34.6 Å². The van der Waals surface area contributed by atoms with E-state index < -0.39 is 0 Å². The van der Waals surface area contributed by atoms with Gasteiger partial charge < -0.3 is 9.80 Å². The van der Waals surface area contributed by atoms with Crippen molar-refractivity contribution >= 4 is 24.0 Å². The number of carbonyl (C=O) groups is 2. The molecule has 0 radical (unpaired) electrons. The Balaban J connectivity index is 1.70. The van der Waals surface area contributed by atoms with Crippen molar-refractivity contribution in [1.82, 2.24) is 24.6 Å². The summed E-state index contributed by atoms with van der Waals surface area (Å²) in [6.07, 6.45) is 0. The van der Waals surface area contributed by atoms with Crippen LogP contribution in [-0.4, -0.2) is 62.6 Å². The Morgan fingerprint density at radius 3 is 2.48 bits per heavy atom. The van der Waals surface area contributed by atoms with Crippen LogP contribution < -0.4 is 0 Å². The average molecular weight is 388 g/mol. The number of aromatic amines is 1. The molecule has 1 fully saturated rings. The summed E-state index contributed by atoms with van der Waals surface area (Å²) in [4.78, 5) is 28.5. The number of H-pyrrole nitrogens is 1. The van der Waals surface area contributed by atoms with E-state index in [0.29, 0.717) is 36.8 Å². The summed E-state index contributed by atoms with van der Waals surface area (Å²) in [5.41, 5.74) is 2.03. The SMILES string of the molecule is Cc1cccc(-c2n[nH]c(=S)n2CC(=O)N2CCN(C(=O)C(C)C)CC2)c1. The number of rotatable bonds is 4. The molecule has 2 heterocycles. The number of piperazine rings is 1. The Labute approximate surface area is 164 Å². The summed E-state index contributed by atoms with van der Waals surface area (Å²) in [7, 11) is 0. The number of amides is 2. The topological polar surface area (TPSA) is 74.2 Å². The predicted octanol–water partition coefficient (Wildman–Crippen LogP) is 2.24. The van der Waals surface area contributed by atoms with E-state index in [1.807, 2.05) is 49.9 Å². The highest BCUT2D eigenvalue weighted by Crippen LogP contribution is 2.19. The lowest BCUT2D eigenvalue weighted by atomic mass is 10.1. The maximum absolute atomic E-state index is 12.8. The molecule has 3 rings (SSSR count). The highest BCUT2D eigenvalue weighted by atomic mass is 32.1. The second-order valence-electron chi connectivity index (χ2n) is 7.17. The molecule has 0 unspecified atom stereocenters. The Bertz CT molecular complexity index is 894. The minimum absolute atomic E-state index is 0.0157. The van der Waals surface area contributed by atoms with Crippen LogP contribution in [0.4, 0.5) is 0 Å². The Morgan fingerprint density at radius 2 is 1.85 bits per heavy atom. The summed E-state index contributed by atoms with van der Waals surface area (Å²) in [6.45, 7) is 8.18. The number of nitrogens with zero attached hydrogens (tertiary/aromatic N) is 4. The van der Waals surface area contributed by atoms with E-state index in [4.69, 9.17) is 12.2 Å². The Morgan fingerprint density at radius 1 is 1.19 bits per heavy atom. The van der Waals surface area contributed by atoms with E-state index in [0.717, 1.165) is 11.1 Å². The van der Waals surface area contributed by atoms with E-state index in [1.54, 1.807) is 9.47 Å². The maximum Gasteiger partial charge on any atom is 0.242 e. The summed E-state index contributed by atoms with van der Waals surface area (Å²) in [6, 6.07) is 7.94. The Hall–Kier alpha value is -2.48. The number of aromatic nitrogens is 3. The van der Waals surface area contributed by atoms with Crippen LogP contribution in [0.5, 0.6) is 0 Å². The van der Waals surface area contributed by atoms with Gasteiger partial charge in [-0.05, 0) is 25.2 Å². The molecule has 0 saturated carbocycles. The molecule has 8 heteroatoms. The molecule has 0 atom stereocenters. The first-order valence-electron chi connectivity index (χ1n) is 9.15. The molecule has 1 aliphatic heterocycles. The molecule has 27 heavy (non-hydrogen) atoms. The third kappa shape index (κ3) is 4.27. The summed E-state index contributed by atoms with van der Waals surface area (Å²) in [5, 5.41) is 7.09. The summed E-state index contributed by atoms with van der Waals surface area (Å²) in [5.74, 6) is 0.762. The van der Waals surface area contributed by atoms with Crippen molar-refractivity contribution in [1.29, 1.82) is 0 Å². The van der Waals surface area contributed by atoms with Crippen molar-refractivity contribution in [3.8, 4) is 11.4 Å². The predicted molar refractivity (Wildman–Crippen MR) is 106 cm³/mol. The molecule has 1 saturated heterocycles. The van der Waals surface area contributed by atoms with Crippen LogP contribution in [0.3, 0.4) is 0 Å². The quantitative estimate of drug-likeness (QED) is 0.817. The third-order valence-electron chi connectivity index (χ3n) is 4.77. The molecule has 1 aliphatic rings. The van der Waals surface area contributed by atoms with Gasteiger partial charge in [-0.25, -0.2) is 0 Å². The van der Waals surface area contributed by atoms with Crippen LogP contribution >= 0.6 is 12.2 Å². The van der Waals surface area contributed by atoms with Gasteiger partial charge in [0, 0.05) is 37.7 Å². The molecule has 1 aromatic heterocycles. The molecule has 2 amide bonds. The van der Waals surface area contributed by atoms with Crippen LogP contribution in [-0.2, 0) is 16.1 Å². The molecule has 144 valence electrons. The second kappa shape index (κ2) is 8.04. The Kier molecular flexibility index (Phi) is 5.74. The number of hydrogen-bond donors (Lipinski definition) is 1. The van der Waals surface area contributed by atoms with Crippen LogP contribution in [0.15, 0.2) is 24.3 Å². The molecular weight excluding hydrogens is 362 g/mol.